The number of carbonyl (C=O) groups is 1. The van der Waals surface area contributed by atoms with Crippen molar-refractivity contribution in [2.24, 2.45) is 0 Å². The fraction of sp³-hybridized carbons (Fsp3) is 0.480. The quantitative estimate of drug-likeness (QED) is 0.551. The van der Waals surface area contributed by atoms with Crippen LogP contribution in [0.4, 0.5) is 5.69 Å². The van der Waals surface area contributed by atoms with Crippen LogP contribution in [0.25, 0.3) is 0 Å². The van der Waals surface area contributed by atoms with E-state index >= 15 is 0 Å². The Labute approximate surface area is 186 Å². The number of nitrogens with zero attached hydrogens (tertiary/aromatic N) is 2. The van der Waals surface area contributed by atoms with Gasteiger partial charge in [-0.15, -0.1) is 0 Å². The Morgan fingerprint density at radius 2 is 1.94 bits per heavy atom. The van der Waals surface area contributed by atoms with Crippen molar-refractivity contribution in [1.82, 2.24) is 10.2 Å². The van der Waals surface area contributed by atoms with Crippen LogP contribution in [0.2, 0.25) is 0 Å². The summed E-state index contributed by atoms with van der Waals surface area (Å²) in [4.78, 5) is 16.9. The Balaban J connectivity index is 1.77. The van der Waals surface area contributed by atoms with Crippen molar-refractivity contribution in [1.29, 1.82) is 0 Å². The monoisotopic (exact) mass is 425 g/mol. The number of anilines is 1. The summed E-state index contributed by atoms with van der Waals surface area (Å²) in [6, 6.07) is 18.6. The number of amides is 1. The van der Waals surface area contributed by atoms with Crippen molar-refractivity contribution in [2.45, 2.75) is 38.5 Å². The standard InChI is InChI=1S/C25H35N3O3/c1-4-16-26-25(29)21-12-14-22(15-13-21)27(2)23(20-9-6-5-7-10-20)18-28-17-8-11-24(28)31-19-30-3/h5-7,9-10,12-15,23-24H,4,8,11,16-19H2,1-3H3,(H,26,29)/t23-,24-/m0/s1. The molecule has 6 nitrogen and oxygen atoms in total. The number of likely N-dealkylation sites (N-methyl/N-ethyl adjacent to an activating group) is 1. The second-order valence-electron chi connectivity index (χ2n) is 8.01. The van der Waals surface area contributed by atoms with Gasteiger partial charge in [-0.2, -0.15) is 0 Å². The normalized spacial score (nSPS) is 17.5. The molecule has 6 heteroatoms. The van der Waals surface area contributed by atoms with E-state index in [9.17, 15) is 4.79 Å². The summed E-state index contributed by atoms with van der Waals surface area (Å²) in [6.07, 6.45) is 3.16. The lowest BCUT2D eigenvalue weighted by Gasteiger charge is -2.35. The smallest absolute Gasteiger partial charge is 0.251 e. The van der Waals surface area contributed by atoms with Crippen LogP contribution in [0.3, 0.4) is 0 Å². The van der Waals surface area contributed by atoms with Gasteiger partial charge in [0.15, 0.2) is 0 Å². The highest BCUT2D eigenvalue weighted by atomic mass is 16.7. The molecule has 168 valence electrons. The largest absolute Gasteiger partial charge is 0.366 e. The molecule has 0 radical (unpaired) electrons. The molecule has 0 spiro atoms. The van der Waals surface area contributed by atoms with Gasteiger partial charge in [0, 0.05) is 45.0 Å². The summed E-state index contributed by atoms with van der Waals surface area (Å²) >= 11 is 0. The minimum atomic E-state index is -0.0223. The van der Waals surface area contributed by atoms with E-state index in [0.29, 0.717) is 18.9 Å². The van der Waals surface area contributed by atoms with Gasteiger partial charge in [0.1, 0.15) is 13.0 Å². The third-order valence-electron chi connectivity index (χ3n) is 5.81. The number of likely N-dealkylation sites (tertiary alicyclic amines) is 1. The molecule has 1 heterocycles. The van der Waals surface area contributed by atoms with Gasteiger partial charge in [0.25, 0.3) is 5.91 Å². The molecule has 0 bridgehead atoms. The molecule has 2 aromatic carbocycles. The summed E-state index contributed by atoms with van der Waals surface area (Å²) in [5, 5.41) is 2.93. The maximum atomic E-state index is 12.2. The molecular weight excluding hydrogens is 390 g/mol. The Kier molecular flexibility index (Phi) is 8.88. The molecule has 1 saturated heterocycles. The summed E-state index contributed by atoms with van der Waals surface area (Å²) in [7, 11) is 3.77. The molecule has 31 heavy (non-hydrogen) atoms. The van der Waals surface area contributed by atoms with Crippen LogP contribution >= 0.6 is 0 Å². The molecule has 0 aromatic heterocycles. The third-order valence-corrected chi connectivity index (χ3v) is 5.81. The average Bonchev–Trinajstić information content (AvgIpc) is 3.26. The van der Waals surface area contributed by atoms with Gasteiger partial charge >= 0.3 is 0 Å². The lowest BCUT2D eigenvalue weighted by atomic mass is 10.0. The fourth-order valence-electron chi connectivity index (χ4n) is 4.06. The first kappa shape index (κ1) is 23.3. The molecule has 1 N–H and O–H groups in total. The molecule has 0 unspecified atom stereocenters. The summed E-state index contributed by atoms with van der Waals surface area (Å²) in [5.41, 5.74) is 3.02. The van der Waals surface area contributed by atoms with Gasteiger partial charge in [-0.25, -0.2) is 0 Å². The minimum absolute atomic E-state index is 0.0223. The van der Waals surface area contributed by atoms with E-state index < -0.39 is 0 Å². The topological polar surface area (TPSA) is 54.0 Å². The van der Waals surface area contributed by atoms with Crippen molar-refractivity contribution in [2.75, 3.05) is 45.5 Å². The van der Waals surface area contributed by atoms with E-state index in [-0.39, 0.29) is 18.2 Å². The highest BCUT2D eigenvalue weighted by Crippen LogP contribution is 2.30. The van der Waals surface area contributed by atoms with Gasteiger partial charge in [0.05, 0.1) is 6.04 Å². The number of ether oxygens (including phenoxy) is 2. The highest BCUT2D eigenvalue weighted by Gasteiger charge is 2.29. The first-order valence-corrected chi connectivity index (χ1v) is 11.1. The molecule has 1 aliphatic rings. The van der Waals surface area contributed by atoms with Crippen LogP contribution in [0.1, 0.15) is 48.1 Å². The Morgan fingerprint density at radius 1 is 1.19 bits per heavy atom. The molecular formula is C25H35N3O3. The zero-order valence-corrected chi connectivity index (χ0v) is 18.9. The number of benzene rings is 2. The zero-order valence-electron chi connectivity index (χ0n) is 18.9. The highest BCUT2D eigenvalue weighted by molar-refractivity contribution is 5.94. The molecule has 0 aliphatic carbocycles. The van der Waals surface area contributed by atoms with Crippen molar-refractivity contribution in [3.8, 4) is 0 Å². The summed E-state index contributed by atoms with van der Waals surface area (Å²) in [5.74, 6) is -0.0223. The molecule has 0 saturated carbocycles. The first-order valence-electron chi connectivity index (χ1n) is 11.1. The number of methoxy groups -OCH3 is 1. The number of nitrogens with one attached hydrogen (secondary N) is 1. The minimum Gasteiger partial charge on any atom is -0.366 e. The van der Waals surface area contributed by atoms with Gasteiger partial charge in [-0.3, -0.25) is 9.69 Å². The van der Waals surface area contributed by atoms with Crippen LogP contribution in [0.15, 0.2) is 54.6 Å². The maximum Gasteiger partial charge on any atom is 0.251 e. The number of hydrogen-bond donors (Lipinski definition) is 1. The van der Waals surface area contributed by atoms with Crippen LogP contribution < -0.4 is 10.2 Å². The molecule has 1 aliphatic heterocycles. The van der Waals surface area contributed by atoms with Crippen molar-refractivity contribution >= 4 is 11.6 Å². The lowest BCUT2D eigenvalue weighted by Crippen LogP contribution is -2.40. The third kappa shape index (κ3) is 6.29. The van der Waals surface area contributed by atoms with Crippen LogP contribution in [-0.4, -0.2) is 57.6 Å². The predicted octanol–water partition coefficient (Wildman–Crippen LogP) is 4.05. The van der Waals surface area contributed by atoms with E-state index in [1.165, 1.54) is 5.56 Å². The maximum absolute atomic E-state index is 12.2. The van der Waals surface area contributed by atoms with Crippen molar-refractivity contribution < 1.29 is 14.3 Å². The molecule has 2 aromatic rings. The second-order valence-corrected chi connectivity index (χ2v) is 8.01. The molecule has 1 fully saturated rings. The molecule has 2 atom stereocenters. The zero-order chi connectivity index (χ0) is 22.1. The Bertz CT molecular complexity index is 797. The van der Waals surface area contributed by atoms with Crippen molar-refractivity contribution in [3.05, 3.63) is 65.7 Å². The lowest BCUT2D eigenvalue weighted by molar-refractivity contribution is -0.118. The number of carbonyl (C=O) groups excluding carboxylic acids is 1. The van der Waals surface area contributed by atoms with Gasteiger partial charge in [0.2, 0.25) is 0 Å². The first-order chi connectivity index (χ1) is 15.1. The van der Waals surface area contributed by atoms with Gasteiger partial charge in [-0.05, 0) is 49.1 Å². The van der Waals surface area contributed by atoms with E-state index in [0.717, 1.165) is 38.0 Å². The summed E-state index contributed by atoms with van der Waals surface area (Å²) < 4.78 is 11.0. The van der Waals surface area contributed by atoms with Crippen LogP contribution in [0, 0.1) is 0 Å². The number of rotatable bonds is 11. The van der Waals surface area contributed by atoms with E-state index in [1.807, 2.05) is 37.3 Å². The molecule has 1 amide bonds. The molecule has 3 rings (SSSR count). The van der Waals surface area contributed by atoms with E-state index in [1.54, 1.807) is 7.11 Å². The Hall–Kier alpha value is -2.41. The predicted molar refractivity (Wildman–Crippen MR) is 124 cm³/mol. The Morgan fingerprint density at radius 3 is 2.61 bits per heavy atom. The average molecular weight is 426 g/mol. The van der Waals surface area contributed by atoms with Crippen molar-refractivity contribution in [3.63, 3.8) is 0 Å². The van der Waals surface area contributed by atoms with E-state index in [4.69, 9.17) is 9.47 Å². The number of hydrogen-bond acceptors (Lipinski definition) is 5. The SMILES string of the molecule is CCCNC(=O)c1ccc(N(C)[C@@H](CN2CCC[C@@H]2OCOC)c2ccccc2)cc1. The van der Waals surface area contributed by atoms with Gasteiger partial charge in [-0.1, -0.05) is 37.3 Å². The van der Waals surface area contributed by atoms with E-state index in [2.05, 4.69) is 46.4 Å². The fourth-order valence-corrected chi connectivity index (χ4v) is 4.06. The summed E-state index contributed by atoms with van der Waals surface area (Å²) in [6.45, 7) is 4.93. The van der Waals surface area contributed by atoms with Crippen LogP contribution in [0.5, 0.6) is 0 Å². The van der Waals surface area contributed by atoms with Crippen LogP contribution in [-0.2, 0) is 9.47 Å². The second kappa shape index (κ2) is 11.8. The van der Waals surface area contributed by atoms with Gasteiger partial charge < -0.3 is 19.7 Å².